The number of phosphoric acid groups is 1. The molecule has 126 valence electrons. The van der Waals surface area contributed by atoms with Crippen molar-refractivity contribution in [2.45, 2.75) is 37.4 Å². The van der Waals surface area contributed by atoms with Gasteiger partial charge in [-0.25, -0.2) is 13.8 Å². The number of nitrogens with one attached hydrogen (secondary N) is 1. The van der Waals surface area contributed by atoms with E-state index < -0.39 is 50.5 Å². The second-order valence-electron chi connectivity index (χ2n) is 5.21. The van der Waals surface area contributed by atoms with E-state index in [1.54, 1.807) is 0 Å². The molecule has 0 saturated carbocycles. The zero-order valence-corrected chi connectivity index (χ0v) is 12.4. The molecule has 2 saturated heterocycles. The van der Waals surface area contributed by atoms with Crippen molar-refractivity contribution < 1.29 is 42.7 Å². The number of hydrogen-bond donors (Lipinski definition) is 4. The molecule has 2 aliphatic rings. The molecule has 0 spiro atoms. The highest BCUT2D eigenvalue weighted by Crippen LogP contribution is 2.41. The van der Waals surface area contributed by atoms with Crippen LogP contribution in [0.4, 0.5) is 9.18 Å². The van der Waals surface area contributed by atoms with Crippen LogP contribution in [-0.2, 0) is 18.6 Å². The topological polar surface area (TPSA) is 146 Å². The molecule has 10 nitrogen and oxygen atoms in total. The molecule has 0 aromatic rings. The van der Waals surface area contributed by atoms with Gasteiger partial charge in [0, 0.05) is 13.0 Å². The molecule has 2 aliphatic heterocycles. The number of nitrogens with zero attached hydrogens (tertiary/aromatic N) is 1. The van der Waals surface area contributed by atoms with Gasteiger partial charge in [-0.3, -0.25) is 19.5 Å². The zero-order chi connectivity index (χ0) is 16.7. The molecule has 22 heavy (non-hydrogen) atoms. The summed E-state index contributed by atoms with van der Waals surface area (Å²) in [6, 6.07) is -0.867. The van der Waals surface area contributed by atoms with E-state index >= 15 is 0 Å². The van der Waals surface area contributed by atoms with Crippen LogP contribution >= 0.6 is 7.82 Å². The van der Waals surface area contributed by atoms with E-state index in [1.807, 2.05) is 5.32 Å². The van der Waals surface area contributed by atoms with Crippen LogP contribution in [0.2, 0.25) is 0 Å². The molecule has 4 N–H and O–H groups in total. The van der Waals surface area contributed by atoms with Crippen LogP contribution in [0.5, 0.6) is 0 Å². The third kappa shape index (κ3) is 3.45. The number of imide groups is 1. The molecular formula is C10H16FN2O8P. The van der Waals surface area contributed by atoms with Crippen molar-refractivity contribution in [3.8, 4) is 0 Å². The first-order valence-corrected chi connectivity index (χ1v) is 7.88. The van der Waals surface area contributed by atoms with E-state index in [9.17, 15) is 23.7 Å². The molecule has 12 heteroatoms. The summed E-state index contributed by atoms with van der Waals surface area (Å²) in [6.45, 7) is 0.132. The minimum Gasteiger partial charge on any atom is -0.387 e. The lowest BCUT2D eigenvalue weighted by Crippen LogP contribution is -2.59. The maximum absolute atomic E-state index is 14.7. The van der Waals surface area contributed by atoms with Gasteiger partial charge >= 0.3 is 13.9 Å². The van der Waals surface area contributed by atoms with Crippen LogP contribution in [-0.4, -0.2) is 69.0 Å². The number of alkyl halides is 1. The van der Waals surface area contributed by atoms with Crippen molar-refractivity contribution in [1.82, 2.24) is 10.2 Å². The first-order valence-electron chi connectivity index (χ1n) is 6.35. The van der Waals surface area contributed by atoms with E-state index in [2.05, 4.69) is 4.52 Å². The van der Waals surface area contributed by atoms with Crippen LogP contribution in [0.25, 0.3) is 0 Å². The lowest BCUT2D eigenvalue weighted by atomic mass is 9.97. The Balaban J connectivity index is 2.10. The van der Waals surface area contributed by atoms with Crippen LogP contribution in [0.1, 0.15) is 13.3 Å². The number of amides is 3. The molecule has 0 bridgehead atoms. The molecular weight excluding hydrogens is 326 g/mol. The third-order valence-corrected chi connectivity index (χ3v) is 3.98. The monoisotopic (exact) mass is 342 g/mol. The predicted octanol–water partition coefficient (Wildman–Crippen LogP) is -1.15. The quantitative estimate of drug-likeness (QED) is 0.469. The van der Waals surface area contributed by atoms with Crippen molar-refractivity contribution in [2.75, 3.05) is 13.2 Å². The first-order chi connectivity index (χ1) is 10.0. The molecule has 0 radical (unpaired) electrons. The van der Waals surface area contributed by atoms with Crippen LogP contribution in [0.3, 0.4) is 0 Å². The number of aliphatic hydroxyl groups is 1. The number of halogens is 1. The minimum absolute atomic E-state index is 0.0541. The minimum atomic E-state index is -4.81. The average Bonchev–Trinajstić information content (AvgIpc) is 2.59. The van der Waals surface area contributed by atoms with Gasteiger partial charge in [-0.15, -0.1) is 0 Å². The fourth-order valence-corrected chi connectivity index (χ4v) is 2.70. The summed E-state index contributed by atoms with van der Waals surface area (Å²) in [6.07, 6.45) is -4.71. The molecule has 0 aromatic heterocycles. The summed E-state index contributed by atoms with van der Waals surface area (Å²) in [4.78, 5) is 41.0. The van der Waals surface area contributed by atoms with E-state index in [-0.39, 0.29) is 13.0 Å². The smallest absolute Gasteiger partial charge is 0.387 e. The largest absolute Gasteiger partial charge is 0.469 e. The standard InChI is InChI=1S/C10H16FN2O8P/c1-10(11)7(15)5(4-20-22(17,18)19)21-8(10)13-3-2-6(14)12-9(13)16/h5,7-8,15H,2-4H2,1H3,(H,12,14,16)(H2,17,18,19)/t5-,7-,8-,10-/m1/s1. The fraction of sp³-hybridized carbons (Fsp3) is 0.800. The normalized spacial score (nSPS) is 36.6. The van der Waals surface area contributed by atoms with Crippen molar-refractivity contribution in [3.63, 3.8) is 0 Å². The number of rotatable bonds is 4. The lowest BCUT2D eigenvalue weighted by Gasteiger charge is -2.35. The second-order valence-corrected chi connectivity index (χ2v) is 6.45. The Morgan fingerprint density at radius 1 is 1.55 bits per heavy atom. The second kappa shape index (κ2) is 5.84. The molecule has 2 fully saturated rings. The maximum Gasteiger partial charge on any atom is 0.469 e. The van der Waals surface area contributed by atoms with Crippen LogP contribution in [0.15, 0.2) is 0 Å². The summed E-state index contributed by atoms with van der Waals surface area (Å²) in [7, 11) is -4.81. The van der Waals surface area contributed by atoms with E-state index in [0.29, 0.717) is 0 Å². The number of urea groups is 1. The van der Waals surface area contributed by atoms with Gasteiger partial charge in [0.1, 0.15) is 12.2 Å². The summed E-state index contributed by atoms with van der Waals surface area (Å²) >= 11 is 0. The number of aliphatic hydroxyl groups excluding tert-OH is 1. The third-order valence-electron chi connectivity index (χ3n) is 3.49. The summed E-state index contributed by atoms with van der Waals surface area (Å²) < 4.78 is 34.7. The Bertz CT molecular complexity index is 523. The lowest BCUT2D eigenvalue weighted by molar-refractivity contribution is -0.126. The fourth-order valence-electron chi connectivity index (χ4n) is 2.36. The molecule has 2 rings (SSSR count). The van der Waals surface area contributed by atoms with Gasteiger partial charge in [-0.1, -0.05) is 0 Å². The molecule has 3 amide bonds. The van der Waals surface area contributed by atoms with E-state index in [1.165, 1.54) is 0 Å². The number of carbonyl (C=O) groups is 2. The zero-order valence-electron chi connectivity index (χ0n) is 11.5. The number of phosphoric ester groups is 1. The highest BCUT2D eigenvalue weighted by atomic mass is 31.2. The van der Waals surface area contributed by atoms with Gasteiger partial charge in [0.2, 0.25) is 5.91 Å². The molecule has 0 unspecified atom stereocenters. The summed E-state index contributed by atoms with van der Waals surface area (Å²) in [5, 5.41) is 11.9. The molecule has 4 atom stereocenters. The van der Waals surface area contributed by atoms with Gasteiger partial charge in [-0.2, -0.15) is 0 Å². The average molecular weight is 342 g/mol. The highest BCUT2D eigenvalue weighted by molar-refractivity contribution is 7.46. The summed E-state index contributed by atoms with van der Waals surface area (Å²) in [5.41, 5.74) is -2.40. The van der Waals surface area contributed by atoms with Gasteiger partial charge < -0.3 is 19.6 Å². The van der Waals surface area contributed by atoms with Gasteiger partial charge in [0.25, 0.3) is 0 Å². The van der Waals surface area contributed by atoms with Gasteiger partial charge in [0.05, 0.1) is 6.61 Å². The Kier molecular flexibility index (Phi) is 4.58. The Morgan fingerprint density at radius 3 is 2.73 bits per heavy atom. The SMILES string of the molecule is C[C@@]1(F)[C@H](O)[C@@H](COP(=O)(O)O)O[C@H]1N1CCC(=O)NC1=O. The number of ether oxygens (including phenoxy) is 1. The predicted molar refractivity (Wildman–Crippen MR) is 67.0 cm³/mol. The number of carbonyl (C=O) groups excluding carboxylic acids is 2. The molecule has 2 heterocycles. The first kappa shape index (κ1) is 17.3. The Hall–Kier alpha value is -1.10. The maximum atomic E-state index is 14.7. The molecule has 0 aliphatic carbocycles. The number of hydrogen-bond acceptors (Lipinski definition) is 6. The van der Waals surface area contributed by atoms with Crippen molar-refractivity contribution >= 4 is 19.8 Å². The Morgan fingerprint density at radius 2 is 2.18 bits per heavy atom. The highest BCUT2D eigenvalue weighted by Gasteiger charge is 2.58. The van der Waals surface area contributed by atoms with Crippen LogP contribution < -0.4 is 5.32 Å². The van der Waals surface area contributed by atoms with E-state index in [0.717, 1.165) is 11.8 Å². The van der Waals surface area contributed by atoms with Crippen molar-refractivity contribution in [1.29, 1.82) is 0 Å². The van der Waals surface area contributed by atoms with Crippen LogP contribution in [0, 0.1) is 0 Å². The van der Waals surface area contributed by atoms with E-state index in [4.69, 9.17) is 14.5 Å². The van der Waals surface area contributed by atoms with Gasteiger partial charge in [0.15, 0.2) is 11.9 Å². The summed E-state index contributed by atoms with van der Waals surface area (Å²) in [5.74, 6) is -0.512. The molecule has 0 aromatic carbocycles. The van der Waals surface area contributed by atoms with Crippen molar-refractivity contribution in [2.24, 2.45) is 0 Å². The van der Waals surface area contributed by atoms with Crippen molar-refractivity contribution in [3.05, 3.63) is 0 Å². The van der Waals surface area contributed by atoms with Gasteiger partial charge in [-0.05, 0) is 6.92 Å². The Labute approximate surface area is 124 Å².